The number of hydrogen-bond acceptors (Lipinski definition) is 1. The van der Waals surface area contributed by atoms with Crippen LogP contribution in [0.5, 0.6) is 0 Å². The molecule has 0 amide bonds. The minimum absolute atomic E-state index is 0.345. The van der Waals surface area contributed by atoms with Crippen LogP contribution < -0.4 is 0 Å². The van der Waals surface area contributed by atoms with Gasteiger partial charge in [-0.2, -0.15) is 0 Å². The van der Waals surface area contributed by atoms with E-state index in [1.54, 1.807) is 11.1 Å². The highest BCUT2D eigenvalue weighted by atomic mass is 16.5. The summed E-state index contributed by atoms with van der Waals surface area (Å²) in [5, 5.41) is 0. The third-order valence-electron chi connectivity index (χ3n) is 2.50. The highest BCUT2D eigenvalue weighted by Gasteiger charge is 2.69. The van der Waals surface area contributed by atoms with Crippen molar-refractivity contribution in [1.82, 2.24) is 0 Å². The molecule has 1 saturated carbocycles. The maximum Gasteiger partial charge on any atom is 0.115 e. The van der Waals surface area contributed by atoms with Crippen molar-refractivity contribution >= 4 is 0 Å². The van der Waals surface area contributed by atoms with Crippen LogP contribution in [0.1, 0.15) is 19.3 Å². The Hall–Kier alpha value is -0.300. The van der Waals surface area contributed by atoms with Gasteiger partial charge in [-0.05, 0) is 24.0 Å². The van der Waals surface area contributed by atoms with Crippen molar-refractivity contribution in [3.8, 4) is 0 Å². The first-order chi connectivity index (χ1) is 3.93. The Labute approximate surface area is 48.3 Å². The van der Waals surface area contributed by atoms with E-state index in [-0.39, 0.29) is 0 Å². The summed E-state index contributed by atoms with van der Waals surface area (Å²) in [5.74, 6) is 0. The van der Waals surface area contributed by atoms with Gasteiger partial charge in [0, 0.05) is 13.0 Å². The monoisotopic (exact) mass is 108 g/mol. The van der Waals surface area contributed by atoms with Crippen LogP contribution in [-0.4, -0.2) is 12.2 Å². The Balaban J connectivity index is 2.01. The molecule has 2 aliphatic carbocycles. The van der Waals surface area contributed by atoms with Gasteiger partial charge in [0.2, 0.25) is 0 Å². The average molecular weight is 108 g/mol. The average Bonchev–Trinajstić information content (AvgIpc) is 2.52. The van der Waals surface area contributed by atoms with Crippen molar-refractivity contribution in [2.24, 2.45) is 0 Å². The highest BCUT2D eigenvalue weighted by molar-refractivity contribution is 5.69. The molecular formula is C7H8O. The summed E-state index contributed by atoms with van der Waals surface area (Å²) in [7, 11) is 0. The van der Waals surface area contributed by atoms with Gasteiger partial charge in [0.15, 0.2) is 0 Å². The number of rotatable bonds is 0. The molecule has 1 heterocycles. The summed E-state index contributed by atoms with van der Waals surface area (Å²) in [5.41, 5.74) is 3.65. The molecule has 1 saturated heterocycles. The number of hydrogen-bond donors (Lipinski definition) is 0. The molecule has 1 aliphatic heterocycles. The van der Waals surface area contributed by atoms with E-state index in [9.17, 15) is 0 Å². The zero-order valence-corrected chi connectivity index (χ0v) is 4.74. The zero-order valence-electron chi connectivity index (χ0n) is 4.74. The van der Waals surface area contributed by atoms with Crippen LogP contribution in [0, 0.1) is 0 Å². The second-order valence-corrected chi connectivity index (χ2v) is 2.91. The van der Waals surface area contributed by atoms with Crippen LogP contribution in [0.2, 0.25) is 0 Å². The second-order valence-electron chi connectivity index (χ2n) is 2.91. The topological polar surface area (TPSA) is 9.23 Å². The molecule has 8 heavy (non-hydrogen) atoms. The fourth-order valence-electron chi connectivity index (χ4n) is 1.80. The summed E-state index contributed by atoms with van der Waals surface area (Å²) in [4.78, 5) is 0. The van der Waals surface area contributed by atoms with Crippen molar-refractivity contribution in [2.45, 2.75) is 24.9 Å². The lowest BCUT2D eigenvalue weighted by molar-refractivity contribution is 0.0637. The first kappa shape index (κ1) is 3.67. The molecule has 0 aromatic heterocycles. The summed E-state index contributed by atoms with van der Waals surface area (Å²) in [6.45, 7) is 1.01. The van der Waals surface area contributed by atoms with Gasteiger partial charge in [0.25, 0.3) is 0 Å². The molecule has 1 unspecified atom stereocenters. The van der Waals surface area contributed by atoms with E-state index in [0.29, 0.717) is 5.60 Å². The smallest absolute Gasteiger partial charge is 0.115 e. The van der Waals surface area contributed by atoms with Crippen molar-refractivity contribution in [3.63, 3.8) is 0 Å². The SMILES string of the molecule is C1COC23CC2=C3C1. The van der Waals surface area contributed by atoms with Gasteiger partial charge in [-0.15, -0.1) is 0 Å². The van der Waals surface area contributed by atoms with Crippen LogP contribution in [0.15, 0.2) is 11.1 Å². The second kappa shape index (κ2) is 0.781. The van der Waals surface area contributed by atoms with Crippen LogP contribution in [0.3, 0.4) is 0 Å². The Kier molecular flexibility index (Phi) is 0.358. The molecule has 3 rings (SSSR count). The molecule has 0 N–H and O–H groups in total. The van der Waals surface area contributed by atoms with Gasteiger partial charge in [-0.3, -0.25) is 0 Å². The van der Waals surface area contributed by atoms with Gasteiger partial charge in [0.1, 0.15) is 5.60 Å². The molecule has 3 aliphatic rings. The fourth-order valence-corrected chi connectivity index (χ4v) is 1.80. The first-order valence-electron chi connectivity index (χ1n) is 3.30. The lowest BCUT2D eigenvalue weighted by atomic mass is 10.1. The molecule has 0 bridgehead atoms. The summed E-state index contributed by atoms with van der Waals surface area (Å²) >= 11 is 0. The van der Waals surface area contributed by atoms with Crippen LogP contribution >= 0.6 is 0 Å². The summed E-state index contributed by atoms with van der Waals surface area (Å²) < 4.78 is 5.54. The third-order valence-corrected chi connectivity index (χ3v) is 2.50. The molecular weight excluding hydrogens is 100 g/mol. The normalized spacial score (nSPS) is 48.0. The van der Waals surface area contributed by atoms with E-state index in [1.807, 2.05) is 0 Å². The van der Waals surface area contributed by atoms with E-state index >= 15 is 0 Å². The van der Waals surface area contributed by atoms with Crippen molar-refractivity contribution < 1.29 is 4.74 Å². The quantitative estimate of drug-likeness (QED) is 0.424. The lowest BCUT2D eigenvalue weighted by Crippen LogP contribution is -2.14. The first-order valence-corrected chi connectivity index (χ1v) is 3.30. The standard InChI is InChI=1S/C7H8O/c1-2-5-6-4-7(5,6)8-3-1/h1-4H2. The van der Waals surface area contributed by atoms with Crippen molar-refractivity contribution in [1.29, 1.82) is 0 Å². The van der Waals surface area contributed by atoms with Gasteiger partial charge in [-0.1, -0.05) is 0 Å². The summed E-state index contributed by atoms with van der Waals surface area (Å²) in [6.07, 6.45) is 3.89. The predicted octanol–water partition coefficient (Wildman–Crippen LogP) is 1.25. The van der Waals surface area contributed by atoms with E-state index in [1.165, 1.54) is 19.3 Å². The summed E-state index contributed by atoms with van der Waals surface area (Å²) in [6, 6.07) is 0. The lowest BCUT2D eigenvalue weighted by Gasteiger charge is -2.15. The minimum Gasteiger partial charge on any atom is -0.366 e. The molecule has 2 fully saturated rings. The molecule has 0 aromatic carbocycles. The molecule has 42 valence electrons. The molecule has 1 atom stereocenters. The molecule has 1 nitrogen and oxygen atoms in total. The van der Waals surface area contributed by atoms with E-state index in [2.05, 4.69) is 0 Å². The molecule has 0 radical (unpaired) electrons. The van der Waals surface area contributed by atoms with E-state index in [4.69, 9.17) is 4.74 Å². The Morgan fingerprint density at radius 3 is 2.88 bits per heavy atom. The van der Waals surface area contributed by atoms with Crippen LogP contribution in [0.4, 0.5) is 0 Å². The largest absolute Gasteiger partial charge is 0.366 e. The van der Waals surface area contributed by atoms with Crippen molar-refractivity contribution in [3.05, 3.63) is 11.1 Å². The molecule has 1 spiro atoms. The molecule has 0 aromatic rings. The Bertz CT molecular complexity index is 193. The highest BCUT2D eigenvalue weighted by Crippen LogP contribution is 2.71. The maximum absolute atomic E-state index is 5.54. The molecule has 1 heteroatoms. The van der Waals surface area contributed by atoms with Gasteiger partial charge >= 0.3 is 0 Å². The minimum atomic E-state index is 0.345. The van der Waals surface area contributed by atoms with E-state index < -0.39 is 0 Å². The van der Waals surface area contributed by atoms with Gasteiger partial charge < -0.3 is 4.74 Å². The fraction of sp³-hybridized carbons (Fsp3) is 0.714. The third kappa shape index (κ3) is 0.206. The van der Waals surface area contributed by atoms with Gasteiger partial charge in [-0.25, -0.2) is 0 Å². The Morgan fingerprint density at radius 1 is 1.38 bits per heavy atom. The zero-order chi connectivity index (χ0) is 5.19. The van der Waals surface area contributed by atoms with E-state index in [0.717, 1.165) is 6.61 Å². The van der Waals surface area contributed by atoms with Crippen LogP contribution in [0.25, 0.3) is 0 Å². The van der Waals surface area contributed by atoms with Crippen molar-refractivity contribution in [2.75, 3.05) is 6.61 Å². The maximum atomic E-state index is 5.54. The number of ether oxygens (including phenoxy) is 1. The van der Waals surface area contributed by atoms with Gasteiger partial charge in [0.05, 0.1) is 0 Å². The predicted molar refractivity (Wildman–Crippen MR) is 29.6 cm³/mol. The van der Waals surface area contributed by atoms with Crippen LogP contribution in [-0.2, 0) is 4.74 Å². The Morgan fingerprint density at radius 2 is 2.38 bits per heavy atom.